The Morgan fingerprint density at radius 1 is 1.45 bits per heavy atom. The number of amides is 1. The van der Waals surface area contributed by atoms with Crippen LogP contribution in [0.5, 0.6) is 5.75 Å². The zero-order valence-electron chi connectivity index (χ0n) is 12.9. The van der Waals surface area contributed by atoms with E-state index in [2.05, 4.69) is 4.98 Å². The maximum Gasteiger partial charge on any atom is 0.257 e. The molecule has 4 nitrogen and oxygen atoms in total. The van der Waals surface area contributed by atoms with E-state index in [0.29, 0.717) is 17.2 Å². The molecule has 0 unspecified atom stereocenters. The van der Waals surface area contributed by atoms with Crippen LogP contribution in [0.1, 0.15) is 39.7 Å². The lowest BCUT2D eigenvalue weighted by Gasteiger charge is -2.32. The molecule has 0 saturated carbocycles. The number of piperidine rings is 1. The Morgan fingerprint density at radius 2 is 2.32 bits per heavy atom. The highest BCUT2D eigenvalue weighted by molar-refractivity contribution is 7.09. The van der Waals surface area contributed by atoms with Crippen LogP contribution in [0.2, 0.25) is 0 Å². The molecule has 0 N–H and O–H groups in total. The third-order valence-electron chi connectivity index (χ3n) is 4.09. The molecule has 1 aliphatic heterocycles. The van der Waals surface area contributed by atoms with Crippen LogP contribution in [0.4, 0.5) is 0 Å². The number of hydrogen-bond donors (Lipinski definition) is 0. The number of thiazole rings is 1. The summed E-state index contributed by atoms with van der Waals surface area (Å²) in [6, 6.07) is 5.74. The molecule has 3 rings (SSSR count). The first-order valence-corrected chi connectivity index (χ1v) is 8.40. The van der Waals surface area contributed by atoms with Gasteiger partial charge in [-0.3, -0.25) is 4.79 Å². The molecule has 1 aromatic heterocycles. The van der Waals surface area contributed by atoms with Crippen molar-refractivity contribution in [3.05, 3.63) is 45.9 Å². The number of likely N-dealkylation sites (tertiary alicyclic amines) is 1. The molecule has 0 spiro atoms. The number of nitrogens with zero attached hydrogens (tertiary/aromatic N) is 2. The van der Waals surface area contributed by atoms with Gasteiger partial charge in [0.2, 0.25) is 0 Å². The first kappa shape index (κ1) is 15.0. The maximum absolute atomic E-state index is 12.9. The molecule has 2 aromatic rings. The fraction of sp³-hybridized carbons (Fsp3) is 0.412. The summed E-state index contributed by atoms with van der Waals surface area (Å²) in [5, 5.41) is 3.13. The number of carbonyl (C=O) groups excluding carboxylic acids is 1. The average Bonchev–Trinajstić information content (AvgIpc) is 3.09. The van der Waals surface area contributed by atoms with Crippen molar-refractivity contribution in [1.29, 1.82) is 0 Å². The summed E-state index contributed by atoms with van der Waals surface area (Å²) in [6.07, 6.45) is 3.96. The third-order valence-corrected chi connectivity index (χ3v) is 5.03. The number of ether oxygens (including phenoxy) is 1. The summed E-state index contributed by atoms with van der Waals surface area (Å²) in [4.78, 5) is 19.2. The summed E-state index contributed by atoms with van der Waals surface area (Å²) in [5.74, 6) is 1.06. The molecule has 2 heterocycles. The van der Waals surface area contributed by atoms with Gasteiger partial charge in [-0.25, -0.2) is 4.98 Å². The summed E-state index contributed by atoms with van der Waals surface area (Å²) in [5.41, 5.74) is 1.72. The predicted octanol–water partition coefficient (Wildman–Crippen LogP) is 3.48. The quantitative estimate of drug-likeness (QED) is 0.870. The van der Waals surface area contributed by atoms with Crippen molar-refractivity contribution in [3.63, 3.8) is 0 Å². The molecule has 1 fully saturated rings. The molecule has 1 saturated heterocycles. The fourth-order valence-electron chi connectivity index (χ4n) is 2.96. The SMILES string of the molecule is COc1ccc(C)cc1C(=O)N1CCC[C@H](c2nccs2)C1. The van der Waals surface area contributed by atoms with Crippen LogP contribution in [0.25, 0.3) is 0 Å². The number of benzene rings is 1. The maximum atomic E-state index is 12.9. The smallest absolute Gasteiger partial charge is 0.257 e. The minimum absolute atomic E-state index is 0.0572. The minimum Gasteiger partial charge on any atom is -0.496 e. The van der Waals surface area contributed by atoms with E-state index >= 15 is 0 Å². The van der Waals surface area contributed by atoms with E-state index in [1.807, 2.05) is 41.6 Å². The van der Waals surface area contributed by atoms with Gasteiger partial charge >= 0.3 is 0 Å². The van der Waals surface area contributed by atoms with E-state index in [-0.39, 0.29) is 5.91 Å². The molecule has 0 bridgehead atoms. The molecule has 0 aliphatic carbocycles. The Labute approximate surface area is 134 Å². The summed E-state index contributed by atoms with van der Waals surface area (Å²) in [7, 11) is 1.61. The van der Waals surface area contributed by atoms with Crippen molar-refractivity contribution in [2.45, 2.75) is 25.7 Å². The minimum atomic E-state index is 0.0572. The number of hydrogen-bond acceptors (Lipinski definition) is 4. The fourth-order valence-corrected chi connectivity index (χ4v) is 3.73. The Hall–Kier alpha value is -1.88. The second-order valence-electron chi connectivity index (χ2n) is 5.66. The molecule has 116 valence electrons. The monoisotopic (exact) mass is 316 g/mol. The van der Waals surface area contributed by atoms with Crippen molar-refractivity contribution in [2.24, 2.45) is 0 Å². The first-order valence-electron chi connectivity index (χ1n) is 7.52. The zero-order chi connectivity index (χ0) is 15.5. The molecule has 22 heavy (non-hydrogen) atoms. The van der Waals surface area contributed by atoms with Gasteiger partial charge in [0.15, 0.2) is 0 Å². The lowest BCUT2D eigenvalue weighted by molar-refractivity contribution is 0.0703. The Bertz CT molecular complexity index is 655. The summed E-state index contributed by atoms with van der Waals surface area (Å²) < 4.78 is 5.35. The second kappa shape index (κ2) is 6.48. The van der Waals surface area contributed by atoms with Crippen LogP contribution in [0, 0.1) is 6.92 Å². The summed E-state index contributed by atoms with van der Waals surface area (Å²) >= 11 is 1.68. The zero-order valence-corrected chi connectivity index (χ0v) is 13.7. The van der Waals surface area contributed by atoms with Gasteiger partial charge in [0.05, 0.1) is 17.7 Å². The van der Waals surface area contributed by atoms with Gasteiger partial charge in [0.1, 0.15) is 5.75 Å². The lowest BCUT2D eigenvalue weighted by atomic mass is 9.97. The largest absolute Gasteiger partial charge is 0.496 e. The van der Waals surface area contributed by atoms with Crippen molar-refractivity contribution in [3.8, 4) is 5.75 Å². The van der Waals surface area contributed by atoms with Gasteiger partial charge in [-0.05, 0) is 31.9 Å². The van der Waals surface area contributed by atoms with E-state index < -0.39 is 0 Å². The van der Waals surface area contributed by atoms with Crippen LogP contribution in [0.15, 0.2) is 29.8 Å². The van der Waals surface area contributed by atoms with Gasteiger partial charge in [-0.1, -0.05) is 11.6 Å². The lowest BCUT2D eigenvalue weighted by Crippen LogP contribution is -2.39. The number of methoxy groups -OCH3 is 1. The molecule has 5 heteroatoms. The van der Waals surface area contributed by atoms with Gasteiger partial charge in [-0.15, -0.1) is 11.3 Å². The van der Waals surface area contributed by atoms with Gasteiger partial charge in [-0.2, -0.15) is 0 Å². The molecule has 1 atom stereocenters. The Morgan fingerprint density at radius 3 is 3.05 bits per heavy atom. The molecular weight excluding hydrogens is 296 g/mol. The first-order chi connectivity index (χ1) is 10.7. The highest BCUT2D eigenvalue weighted by atomic mass is 32.1. The molecular formula is C17H20N2O2S. The molecule has 1 aliphatic rings. The molecule has 0 radical (unpaired) electrons. The van der Waals surface area contributed by atoms with Crippen LogP contribution in [-0.2, 0) is 0 Å². The van der Waals surface area contributed by atoms with Crippen LogP contribution in [0.3, 0.4) is 0 Å². The highest BCUT2D eigenvalue weighted by Crippen LogP contribution is 2.30. The van der Waals surface area contributed by atoms with E-state index in [9.17, 15) is 4.79 Å². The molecule has 1 amide bonds. The van der Waals surface area contributed by atoms with Crippen LogP contribution < -0.4 is 4.74 Å². The van der Waals surface area contributed by atoms with Gasteiger partial charge < -0.3 is 9.64 Å². The number of carbonyl (C=O) groups is 1. The van der Waals surface area contributed by atoms with Gasteiger partial charge in [0.25, 0.3) is 5.91 Å². The van der Waals surface area contributed by atoms with Crippen molar-refractivity contribution in [1.82, 2.24) is 9.88 Å². The Balaban J connectivity index is 1.81. The topological polar surface area (TPSA) is 42.4 Å². The van der Waals surface area contributed by atoms with Crippen molar-refractivity contribution >= 4 is 17.2 Å². The Kier molecular flexibility index (Phi) is 4.43. The van der Waals surface area contributed by atoms with Crippen LogP contribution >= 0.6 is 11.3 Å². The number of rotatable bonds is 3. The highest BCUT2D eigenvalue weighted by Gasteiger charge is 2.28. The normalized spacial score (nSPS) is 18.3. The van der Waals surface area contributed by atoms with E-state index in [1.54, 1.807) is 18.4 Å². The summed E-state index contributed by atoms with van der Waals surface area (Å²) in [6.45, 7) is 3.53. The number of aryl methyl sites for hydroxylation is 1. The van der Waals surface area contributed by atoms with Crippen molar-refractivity contribution in [2.75, 3.05) is 20.2 Å². The second-order valence-corrected chi connectivity index (χ2v) is 6.59. The van der Waals surface area contributed by atoms with E-state index in [1.165, 1.54) is 0 Å². The van der Waals surface area contributed by atoms with Gasteiger partial charge in [0, 0.05) is 30.6 Å². The standard InChI is InChI=1S/C17H20N2O2S/c1-12-5-6-15(21-2)14(10-12)17(20)19-8-3-4-13(11-19)16-18-7-9-22-16/h5-7,9-10,13H,3-4,8,11H2,1-2H3/t13-/m0/s1. The third kappa shape index (κ3) is 2.99. The van der Waals surface area contributed by atoms with Crippen LogP contribution in [-0.4, -0.2) is 36.0 Å². The van der Waals surface area contributed by atoms with E-state index in [4.69, 9.17) is 4.74 Å². The predicted molar refractivity (Wildman–Crippen MR) is 87.7 cm³/mol. The van der Waals surface area contributed by atoms with E-state index in [0.717, 1.165) is 36.5 Å². The average molecular weight is 316 g/mol. The van der Waals surface area contributed by atoms with Crippen molar-refractivity contribution < 1.29 is 9.53 Å². The molecule has 1 aromatic carbocycles. The number of aromatic nitrogens is 1.